The van der Waals surface area contributed by atoms with E-state index >= 15 is 0 Å². The lowest BCUT2D eigenvalue weighted by atomic mass is 9.86. The van der Waals surface area contributed by atoms with E-state index in [4.69, 9.17) is 21.4 Å². The number of hydrogen-bond donors (Lipinski definition) is 2. The topological polar surface area (TPSA) is 58.6 Å². The number of carbonyl (C=O) groups is 1. The van der Waals surface area contributed by atoms with Gasteiger partial charge < -0.3 is 15.2 Å². The summed E-state index contributed by atoms with van der Waals surface area (Å²) in [5, 5.41) is 13.0. The van der Waals surface area contributed by atoms with Gasteiger partial charge in [0, 0.05) is 17.6 Å². The first-order chi connectivity index (χ1) is 10.1. The van der Waals surface area contributed by atoms with Crippen LogP contribution in [-0.4, -0.2) is 24.2 Å². The monoisotopic (exact) mass is 309 g/mol. The molecule has 0 spiro atoms. The molecule has 0 aromatic heterocycles. The van der Waals surface area contributed by atoms with E-state index in [0.29, 0.717) is 23.9 Å². The lowest BCUT2D eigenvalue weighted by molar-refractivity contribution is -0.141. The molecule has 1 heterocycles. The molecule has 2 unspecified atom stereocenters. The van der Waals surface area contributed by atoms with Crippen LogP contribution >= 0.6 is 11.6 Å². The summed E-state index contributed by atoms with van der Waals surface area (Å²) in [5.41, 5.74) is 1.01. The van der Waals surface area contributed by atoms with Gasteiger partial charge in [-0.15, -0.1) is 0 Å². The Bertz CT molecular complexity index is 530. The van der Waals surface area contributed by atoms with Gasteiger partial charge in [-0.05, 0) is 48.9 Å². The quantitative estimate of drug-likeness (QED) is 0.876. The van der Waals surface area contributed by atoms with Gasteiger partial charge in [0.05, 0.1) is 12.5 Å². The van der Waals surface area contributed by atoms with Crippen molar-refractivity contribution in [2.75, 3.05) is 13.2 Å². The highest BCUT2D eigenvalue weighted by Gasteiger charge is 2.30. The Morgan fingerprint density at radius 2 is 2.19 bits per heavy atom. The summed E-state index contributed by atoms with van der Waals surface area (Å²) in [5.74, 6) is 0.389. The SMILES string of the molecule is O=C(O)C1CNC(c2cc(Cl)cc(OCC3CCC3)c2)C1. The molecule has 1 aromatic carbocycles. The molecule has 1 aliphatic heterocycles. The minimum absolute atomic E-state index is 0.0378. The Kier molecular flexibility index (Phi) is 4.36. The molecular formula is C16H20ClNO3. The van der Waals surface area contributed by atoms with Crippen molar-refractivity contribution in [3.05, 3.63) is 28.8 Å². The molecule has 5 heteroatoms. The summed E-state index contributed by atoms with van der Waals surface area (Å²) in [4.78, 5) is 11.0. The Labute approximate surface area is 129 Å². The van der Waals surface area contributed by atoms with Crippen molar-refractivity contribution in [3.63, 3.8) is 0 Å². The maximum absolute atomic E-state index is 11.0. The minimum Gasteiger partial charge on any atom is -0.493 e. The molecule has 0 bridgehead atoms. The van der Waals surface area contributed by atoms with Crippen LogP contribution in [0.5, 0.6) is 5.75 Å². The van der Waals surface area contributed by atoms with Crippen LogP contribution in [0.2, 0.25) is 5.02 Å². The Morgan fingerprint density at radius 3 is 2.81 bits per heavy atom. The second-order valence-corrected chi connectivity index (χ2v) is 6.50. The second kappa shape index (κ2) is 6.24. The van der Waals surface area contributed by atoms with Crippen molar-refractivity contribution in [3.8, 4) is 5.75 Å². The number of halogens is 1. The molecular weight excluding hydrogens is 290 g/mol. The normalized spacial score (nSPS) is 25.6. The van der Waals surface area contributed by atoms with Crippen LogP contribution in [0, 0.1) is 11.8 Å². The smallest absolute Gasteiger partial charge is 0.307 e. The minimum atomic E-state index is -0.742. The van der Waals surface area contributed by atoms with Gasteiger partial charge >= 0.3 is 5.97 Å². The van der Waals surface area contributed by atoms with Gasteiger partial charge in [0.15, 0.2) is 0 Å². The van der Waals surface area contributed by atoms with Gasteiger partial charge in [-0.2, -0.15) is 0 Å². The predicted octanol–water partition coefficient (Wildman–Crippen LogP) is 3.25. The summed E-state index contributed by atoms with van der Waals surface area (Å²) in [6.45, 7) is 1.25. The van der Waals surface area contributed by atoms with Crippen molar-refractivity contribution >= 4 is 17.6 Å². The summed E-state index contributed by atoms with van der Waals surface area (Å²) in [7, 11) is 0. The number of rotatable bonds is 5. The van der Waals surface area contributed by atoms with Gasteiger partial charge in [0.25, 0.3) is 0 Å². The second-order valence-electron chi connectivity index (χ2n) is 6.06. The van der Waals surface area contributed by atoms with Gasteiger partial charge in [0.1, 0.15) is 5.75 Å². The fraction of sp³-hybridized carbons (Fsp3) is 0.562. The Hall–Kier alpha value is -1.26. The van der Waals surface area contributed by atoms with Crippen molar-refractivity contribution in [1.29, 1.82) is 0 Å². The molecule has 0 radical (unpaired) electrons. The Morgan fingerprint density at radius 1 is 1.38 bits per heavy atom. The van der Waals surface area contributed by atoms with E-state index in [9.17, 15) is 4.79 Å². The van der Waals surface area contributed by atoms with Crippen molar-refractivity contribution in [2.45, 2.75) is 31.7 Å². The molecule has 21 heavy (non-hydrogen) atoms. The van der Waals surface area contributed by atoms with E-state index < -0.39 is 5.97 Å². The summed E-state index contributed by atoms with van der Waals surface area (Å²) >= 11 is 6.17. The van der Waals surface area contributed by atoms with Crippen LogP contribution in [-0.2, 0) is 4.79 Å². The zero-order chi connectivity index (χ0) is 14.8. The van der Waals surface area contributed by atoms with E-state index in [2.05, 4.69) is 5.32 Å². The lowest BCUT2D eigenvalue weighted by Gasteiger charge is -2.25. The Balaban J connectivity index is 1.67. The highest BCUT2D eigenvalue weighted by Crippen LogP contribution is 2.33. The largest absolute Gasteiger partial charge is 0.493 e. The van der Waals surface area contributed by atoms with Gasteiger partial charge in [0.2, 0.25) is 0 Å². The zero-order valence-electron chi connectivity index (χ0n) is 11.8. The number of ether oxygens (including phenoxy) is 1. The molecule has 2 fully saturated rings. The van der Waals surface area contributed by atoms with Crippen LogP contribution in [0.1, 0.15) is 37.3 Å². The summed E-state index contributed by atoms with van der Waals surface area (Å²) in [6, 6.07) is 5.73. The molecule has 2 atom stereocenters. The number of carboxylic acids is 1. The molecule has 0 amide bonds. The van der Waals surface area contributed by atoms with Crippen molar-refractivity contribution in [1.82, 2.24) is 5.32 Å². The molecule has 2 aliphatic rings. The highest BCUT2D eigenvalue weighted by molar-refractivity contribution is 6.30. The van der Waals surface area contributed by atoms with E-state index in [1.54, 1.807) is 0 Å². The zero-order valence-corrected chi connectivity index (χ0v) is 12.6. The molecule has 114 valence electrons. The van der Waals surface area contributed by atoms with Gasteiger partial charge in [-0.3, -0.25) is 4.79 Å². The third kappa shape index (κ3) is 3.50. The average molecular weight is 310 g/mol. The van der Waals surface area contributed by atoms with Crippen LogP contribution in [0.15, 0.2) is 18.2 Å². The summed E-state index contributed by atoms with van der Waals surface area (Å²) in [6.07, 6.45) is 4.39. The standard InChI is InChI=1S/C16H20ClNO3/c17-13-4-11(15-6-12(8-18-15)16(19)20)5-14(7-13)21-9-10-2-1-3-10/h4-5,7,10,12,15,18H,1-3,6,8-9H2,(H,19,20). The number of benzene rings is 1. The first kappa shape index (κ1) is 14.7. The van der Waals surface area contributed by atoms with Crippen molar-refractivity contribution < 1.29 is 14.6 Å². The van der Waals surface area contributed by atoms with Crippen LogP contribution < -0.4 is 10.1 Å². The number of carboxylic acid groups (broad SMARTS) is 1. The van der Waals surface area contributed by atoms with E-state index in [1.807, 2.05) is 18.2 Å². The highest BCUT2D eigenvalue weighted by atomic mass is 35.5. The third-order valence-corrected chi connectivity index (χ3v) is 4.70. The fourth-order valence-electron chi connectivity index (χ4n) is 2.92. The maximum Gasteiger partial charge on any atom is 0.307 e. The van der Waals surface area contributed by atoms with Crippen molar-refractivity contribution in [2.24, 2.45) is 11.8 Å². The fourth-order valence-corrected chi connectivity index (χ4v) is 3.15. The van der Waals surface area contributed by atoms with Crippen LogP contribution in [0.3, 0.4) is 0 Å². The first-order valence-electron chi connectivity index (χ1n) is 7.51. The molecule has 4 nitrogen and oxygen atoms in total. The number of nitrogens with one attached hydrogen (secondary N) is 1. The molecule has 2 N–H and O–H groups in total. The number of aliphatic carboxylic acids is 1. The molecule has 1 saturated carbocycles. The average Bonchev–Trinajstić information content (AvgIpc) is 2.86. The molecule has 1 saturated heterocycles. The first-order valence-corrected chi connectivity index (χ1v) is 7.89. The van der Waals surface area contributed by atoms with Gasteiger partial charge in [-0.1, -0.05) is 18.0 Å². The van der Waals surface area contributed by atoms with Gasteiger partial charge in [-0.25, -0.2) is 0 Å². The third-order valence-electron chi connectivity index (χ3n) is 4.49. The maximum atomic E-state index is 11.0. The van der Waals surface area contributed by atoms with E-state index in [0.717, 1.165) is 17.9 Å². The molecule has 1 aliphatic carbocycles. The lowest BCUT2D eigenvalue weighted by Crippen LogP contribution is -2.19. The predicted molar refractivity (Wildman–Crippen MR) is 80.8 cm³/mol. The van der Waals surface area contributed by atoms with Crippen LogP contribution in [0.25, 0.3) is 0 Å². The molecule has 3 rings (SSSR count). The molecule has 1 aromatic rings. The summed E-state index contributed by atoms with van der Waals surface area (Å²) < 4.78 is 5.84. The van der Waals surface area contributed by atoms with Crippen LogP contribution in [0.4, 0.5) is 0 Å². The van der Waals surface area contributed by atoms with E-state index in [-0.39, 0.29) is 12.0 Å². The van der Waals surface area contributed by atoms with E-state index in [1.165, 1.54) is 19.3 Å². The number of hydrogen-bond acceptors (Lipinski definition) is 3.